The van der Waals surface area contributed by atoms with Crippen LogP contribution in [-0.4, -0.2) is 28.5 Å². The molecule has 1 aromatic heterocycles. The molecule has 1 rings (SSSR count). The van der Waals surface area contributed by atoms with E-state index in [-0.39, 0.29) is 12.1 Å². The van der Waals surface area contributed by atoms with Crippen LogP contribution in [0.25, 0.3) is 0 Å². The van der Waals surface area contributed by atoms with Gasteiger partial charge in [-0.2, -0.15) is 0 Å². The molecule has 1 amide bonds. The van der Waals surface area contributed by atoms with Crippen molar-refractivity contribution in [1.82, 2.24) is 4.98 Å². The minimum Gasteiger partial charge on any atom is -0.481 e. The number of nitrogens with one attached hydrogen (secondary N) is 1. The lowest BCUT2D eigenvalue weighted by Gasteiger charge is -2.10. The average Bonchev–Trinajstić information content (AvgIpc) is 2.25. The van der Waals surface area contributed by atoms with Crippen molar-refractivity contribution in [3.63, 3.8) is 0 Å². The summed E-state index contributed by atoms with van der Waals surface area (Å²) in [5.74, 6) is -1.77. The van der Waals surface area contributed by atoms with E-state index in [9.17, 15) is 9.59 Å². The lowest BCUT2D eigenvalue weighted by atomic mass is 10.2. The molecule has 6 nitrogen and oxygen atoms in total. The zero-order valence-electron chi connectivity index (χ0n) is 8.80. The van der Waals surface area contributed by atoms with Gasteiger partial charge in [-0.3, -0.25) is 9.59 Å². The highest BCUT2D eigenvalue weighted by atomic mass is 16.4. The predicted molar refractivity (Wildman–Crippen MR) is 58.0 cm³/mol. The van der Waals surface area contributed by atoms with E-state index in [0.29, 0.717) is 5.82 Å². The summed E-state index contributed by atoms with van der Waals surface area (Å²) in [6.07, 6.45) is 1.50. The van der Waals surface area contributed by atoms with Crippen LogP contribution < -0.4 is 11.1 Å². The number of carboxylic acids is 1. The van der Waals surface area contributed by atoms with Crippen LogP contribution in [0.5, 0.6) is 0 Å². The van der Waals surface area contributed by atoms with Crippen LogP contribution in [0.1, 0.15) is 17.3 Å². The van der Waals surface area contributed by atoms with Gasteiger partial charge >= 0.3 is 5.97 Å². The normalized spacial score (nSPS) is 11.8. The Morgan fingerprint density at radius 3 is 2.88 bits per heavy atom. The van der Waals surface area contributed by atoms with Crippen molar-refractivity contribution in [3.05, 3.63) is 23.9 Å². The number of hydrogen-bond donors (Lipinski definition) is 3. The highest BCUT2D eigenvalue weighted by Gasteiger charge is 2.13. The summed E-state index contributed by atoms with van der Waals surface area (Å²) >= 11 is 0. The zero-order valence-corrected chi connectivity index (χ0v) is 8.80. The molecule has 6 heteroatoms. The molecule has 0 spiro atoms. The lowest BCUT2D eigenvalue weighted by molar-refractivity contribution is -0.140. The van der Waals surface area contributed by atoms with Gasteiger partial charge in [0.25, 0.3) is 5.91 Å². The quantitative estimate of drug-likeness (QED) is 0.666. The van der Waals surface area contributed by atoms with E-state index < -0.39 is 17.8 Å². The number of carboxylic acid groups (broad SMARTS) is 1. The van der Waals surface area contributed by atoms with Crippen LogP contribution in [0.3, 0.4) is 0 Å². The first-order valence-electron chi connectivity index (χ1n) is 4.74. The van der Waals surface area contributed by atoms with E-state index in [0.717, 1.165) is 0 Å². The number of primary amides is 1. The fourth-order valence-corrected chi connectivity index (χ4v) is 1.08. The van der Waals surface area contributed by atoms with Gasteiger partial charge in [0, 0.05) is 12.7 Å². The van der Waals surface area contributed by atoms with Crippen molar-refractivity contribution >= 4 is 17.7 Å². The van der Waals surface area contributed by atoms with Crippen LogP contribution in [0.15, 0.2) is 18.3 Å². The minimum atomic E-state index is -0.913. The SMILES string of the molecule is CC(CNc1ncccc1C(N)=O)C(=O)O. The maximum atomic E-state index is 11.0. The molecule has 1 aromatic rings. The Kier molecular flexibility index (Phi) is 3.82. The van der Waals surface area contributed by atoms with Crippen LogP contribution in [0.2, 0.25) is 0 Å². The van der Waals surface area contributed by atoms with Gasteiger partial charge in [-0.05, 0) is 12.1 Å². The van der Waals surface area contributed by atoms with Crippen LogP contribution >= 0.6 is 0 Å². The molecule has 0 aliphatic heterocycles. The summed E-state index contributed by atoms with van der Waals surface area (Å²) in [5, 5.41) is 11.5. The molecule has 1 unspecified atom stereocenters. The van der Waals surface area contributed by atoms with Crippen molar-refractivity contribution in [1.29, 1.82) is 0 Å². The summed E-state index contributed by atoms with van der Waals surface area (Å²) in [6, 6.07) is 3.12. The molecule has 0 aliphatic rings. The first-order valence-corrected chi connectivity index (χ1v) is 4.74. The second-order valence-electron chi connectivity index (χ2n) is 3.38. The van der Waals surface area contributed by atoms with Gasteiger partial charge in [0.15, 0.2) is 0 Å². The largest absolute Gasteiger partial charge is 0.481 e. The molecule has 4 N–H and O–H groups in total. The van der Waals surface area contributed by atoms with Gasteiger partial charge in [-0.1, -0.05) is 6.92 Å². The van der Waals surface area contributed by atoms with Gasteiger partial charge in [0.1, 0.15) is 5.82 Å². The Labute approximate surface area is 92.5 Å². The lowest BCUT2D eigenvalue weighted by Crippen LogP contribution is -2.22. The Morgan fingerprint density at radius 1 is 1.62 bits per heavy atom. The molecule has 0 fully saturated rings. The fraction of sp³-hybridized carbons (Fsp3) is 0.300. The Balaban J connectivity index is 2.74. The van der Waals surface area contributed by atoms with Gasteiger partial charge in [0.2, 0.25) is 0 Å². The highest BCUT2D eigenvalue weighted by Crippen LogP contribution is 2.11. The molecule has 0 aromatic carbocycles. The Morgan fingerprint density at radius 2 is 2.31 bits per heavy atom. The molecule has 0 aliphatic carbocycles. The first kappa shape index (κ1) is 12.0. The van der Waals surface area contributed by atoms with E-state index in [1.807, 2.05) is 0 Å². The third kappa shape index (κ3) is 2.94. The monoisotopic (exact) mass is 223 g/mol. The van der Waals surface area contributed by atoms with Crippen LogP contribution in [-0.2, 0) is 4.79 Å². The number of hydrogen-bond acceptors (Lipinski definition) is 4. The number of aromatic nitrogens is 1. The minimum absolute atomic E-state index is 0.187. The number of carbonyl (C=O) groups is 2. The molecular formula is C10H13N3O3. The van der Waals surface area contributed by atoms with Gasteiger partial charge in [-0.15, -0.1) is 0 Å². The third-order valence-corrected chi connectivity index (χ3v) is 2.07. The molecule has 16 heavy (non-hydrogen) atoms. The maximum Gasteiger partial charge on any atom is 0.308 e. The zero-order chi connectivity index (χ0) is 12.1. The standard InChI is InChI=1S/C10H13N3O3/c1-6(10(15)16)5-13-9-7(8(11)14)3-2-4-12-9/h2-4,6H,5H2,1H3,(H2,11,14)(H,12,13)(H,15,16). The van der Waals surface area contributed by atoms with E-state index in [4.69, 9.17) is 10.8 Å². The summed E-state index contributed by atoms with van der Waals surface area (Å²) in [4.78, 5) is 25.5. The maximum absolute atomic E-state index is 11.0. The number of nitrogens with zero attached hydrogens (tertiary/aromatic N) is 1. The van der Waals surface area contributed by atoms with E-state index >= 15 is 0 Å². The van der Waals surface area contributed by atoms with Crippen LogP contribution in [0.4, 0.5) is 5.82 Å². The molecule has 1 atom stereocenters. The number of carbonyl (C=O) groups excluding carboxylic acids is 1. The van der Waals surface area contributed by atoms with Crippen molar-refractivity contribution in [2.45, 2.75) is 6.92 Å². The number of nitrogens with two attached hydrogens (primary N) is 1. The number of anilines is 1. The van der Waals surface area contributed by atoms with Crippen molar-refractivity contribution in [2.24, 2.45) is 11.7 Å². The van der Waals surface area contributed by atoms with Crippen LogP contribution in [0, 0.1) is 5.92 Å². The van der Waals surface area contributed by atoms with Crippen molar-refractivity contribution in [3.8, 4) is 0 Å². The van der Waals surface area contributed by atoms with E-state index in [1.54, 1.807) is 13.0 Å². The number of aliphatic carboxylic acids is 1. The number of pyridine rings is 1. The van der Waals surface area contributed by atoms with Crippen molar-refractivity contribution < 1.29 is 14.7 Å². The number of rotatable bonds is 5. The smallest absolute Gasteiger partial charge is 0.308 e. The first-order chi connectivity index (χ1) is 7.52. The summed E-state index contributed by atoms with van der Waals surface area (Å²) in [7, 11) is 0. The summed E-state index contributed by atoms with van der Waals surface area (Å²) in [5.41, 5.74) is 5.40. The Hall–Kier alpha value is -2.11. The molecule has 0 saturated heterocycles. The average molecular weight is 223 g/mol. The second-order valence-corrected chi connectivity index (χ2v) is 3.38. The Bertz CT molecular complexity index is 406. The van der Waals surface area contributed by atoms with E-state index in [2.05, 4.69) is 10.3 Å². The molecule has 0 radical (unpaired) electrons. The summed E-state index contributed by atoms with van der Waals surface area (Å²) < 4.78 is 0. The molecule has 0 saturated carbocycles. The van der Waals surface area contributed by atoms with Gasteiger partial charge in [-0.25, -0.2) is 4.98 Å². The van der Waals surface area contributed by atoms with Gasteiger partial charge in [0.05, 0.1) is 11.5 Å². The van der Waals surface area contributed by atoms with E-state index in [1.165, 1.54) is 12.3 Å². The number of amides is 1. The summed E-state index contributed by atoms with van der Waals surface area (Å²) in [6.45, 7) is 1.74. The second kappa shape index (κ2) is 5.11. The molecular weight excluding hydrogens is 210 g/mol. The third-order valence-electron chi connectivity index (χ3n) is 2.07. The fourth-order valence-electron chi connectivity index (χ4n) is 1.08. The predicted octanol–water partition coefficient (Wildman–Crippen LogP) is 0.313. The molecule has 1 heterocycles. The van der Waals surface area contributed by atoms with Gasteiger partial charge < -0.3 is 16.2 Å². The van der Waals surface area contributed by atoms with Crippen molar-refractivity contribution in [2.75, 3.05) is 11.9 Å². The molecule has 0 bridgehead atoms. The topological polar surface area (TPSA) is 105 Å². The highest BCUT2D eigenvalue weighted by molar-refractivity contribution is 5.97. The molecule has 86 valence electrons.